The molecule has 3 rings (SSSR count). The van der Waals surface area contributed by atoms with Crippen LogP contribution in [0, 0.1) is 0 Å². The fraction of sp³-hybridized carbons (Fsp3) is 0.409. The first-order valence-corrected chi connectivity index (χ1v) is 9.52. The second-order valence-corrected chi connectivity index (χ2v) is 7.03. The van der Waals surface area contributed by atoms with E-state index in [9.17, 15) is 4.79 Å². The van der Waals surface area contributed by atoms with Crippen molar-refractivity contribution in [2.45, 2.75) is 18.9 Å². The van der Waals surface area contributed by atoms with Gasteiger partial charge in [0.25, 0.3) is 0 Å². The van der Waals surface area contributed by atoms with Gasteiger partial charge in [0.15, 0.2) is 11.5 Å². The monoisotopic (exact) mass is 384 g/mol. The molecule has 6 heteroatoms. The van der Waals surface area contributed by atoms with Gasteiger partial charge in [-0.2, -0.15) is 0 Å². The Kier molecular flexibility index (Phi) is 6.76. The second-order valence-electron chi connectivity index (χ2n) is 7.03. The molecule has 6 nitrogen and oxygen atoms in total. The molecule has 1 unspecified atom stereocenters. The zero-order valence-corrected chi connectivity index (χ0v) is 16.7. The number of rotatable bonds is 8. The Bertz CT molecular complexity index is 790. The number of methoxy groups -OCH3 is 1. The van der Waals surface area contributed by atoms with Crippen molar-refractivity contribution in [3.8, 4) is 17.2 Å². The van der Waals surface area contributed by atoms with Crippen LogP contribution in [0.15, 0.2) is 42.5 Å². The van der Waals surface area contributed by atoms with Crippen LogP contribution >= 0.6 is 0 Å². The first kappa shape index (κ1) is 20.0. The van der Waals surface area contributed by atoms with Gasteiger partial charge in [-0.1, -0.05) is 18.2 Å². The molecule has 1 aliphatic heterocycles. The molecule has 28 heavy (non-hydrogen) atoms. The normalized spacial score (nSPS) is 13.9. The van der Waals surface area contributed by atoms with Crippen molar-refractivity contribution >= 4 is 5.91 Å². The third-order valence-corrected chi connectivity index (χ3v) is 4.86. The Morgan fingerprint density at radius 1 is 1.11 bits per heavy atom. The van der Waals surface area contributed by atoms with Crippen LogP contribution in [0.1, 0.15) is 23.6 Å². The van der Waals surface area contributed by atoms with Crippen molar-refractivity contribution in [1.82, 2.24) is 10.2 Å². The summed E-state index contributed by atoms with van der Waals surface area (Å²) in [6.07, 6.45) is 1.10. The van der Waals surface area contributed by atoms with Crippen LogP contribution in [0.5, 0.6) is 17.2 Å². The van der Waals surface area contributed by atoms with Gasteiger partial charge in [0.1, 0.15) is 19.0 Å². The fourth-order valence-electron chi connectivity index (χ4n) is 3.22. The number of fused-ring (bicyclic) bond motifs is 1. The van der Waals surface area contributed by atoms with Gasteiger partial charge in [0, 0.05) is 13.0 Å². The number of nitrogens with zero attached hydrogens (tertiary/aromatic N) is 1. The van der Waals surface area contributed by atoms with E-state index in [0.717, 1.165) is 28.4 Å². The van der Waals surface area contributed by atoms with E-state index < -0.39 is 0 Å². The molecule has 1 amide bonds. The minimum Gasteiger partial charge on any atom is -0.497 e. The van der Waals surface area contributed by atoms with Crippen molar-refractivity contribution in [3.05, 3.63) is 53.6 Å². The molecular formula is C22H28N2O4. The van der Waals surface area contributed by atoms with E-state index in [2.05, 4.69) is 10.2 Å². The number of amides is 1. The Balaban J connectivity index is 1.52. The Hall–Kier alpha value is -2.73. The predicted molar refractivity (Wildman–Crippen MR) is 108 cm³/mol. The van der Waals surface area contributed by atoms with Crippen LogP contribution in [0.4, 0.5) is 0 Å². The first-order chi connectivity index (χ1) is 13.6. The zero-order chi connectivity index (χ0) is 19.9. The minimum atomic E-state index is 0.0373. The van der Waals surface area contributed by atoms with Crippen molar-refractivity contribution in [2.75, 3.05) is 41.0 Å². The topological polar surface area (TPSA) is 60.0 Å². The van der Waals surface area contributed by atoms with Gasteiger partial charge in [0.05, 0.1) is 13.2 Å². The van der Waals surface area contributed by atoms with Crippen LogP contribution < -0.4 is 19.5 Å². The second kappa shape index (κ2) is 9.46. The number of aryl methyl sites for hydroxylation is 1. The summed E-state index contributed by atoms with van der Waals surface area (Å²) in [5.41, 5.74) is 2.21. The molecule has 150 valence electrons. The van der Waals surface area contributed by atoms with Crippen LogP contribution in [0.3, 0.4) is 0 Å². The number of likely N-dealkylation sites (N-methyl/N-ethyl adjacent to an activating group) is 1. The SMILES string of the molecule is COc1ccc(C(CNC(=O)CCc2ccc3c(c2)OCCO3)N(C)C)cc1. The lowest BCUT2D eigenvalue weighted by Crippen LogP contribution is -2.34. The molecule has 1 aliphatic rings. The molecule has 0 saturated carbocycles. The Morgan fingerprint density at radius 3 is 2.50 bits per heavy atom. The molecule has 0 bridgehead atoms. The minimum absolute atomic E-state index is 0.0373. The van der Waals surface area contributed by atoms with E-state index in [0.29, 0.717) is 32.6 Å². The zero-order valence-electron chi connectivity index (χ0n) is 16.7. The maximum absolute atomic E-state index is 12.4. The summed E-state index contributed by atoms with van der Waals surface area (Å²) >= 11 is 0. The fourth-order valence-corrected chi connectivity index (χ4v) is 3.22. The quantitative estimate of drug-likeness (QED) is 0.758. The van der Waals surface area contributed by atoms with Gasteiger partial charge < -0.3 is 24.4 Å². The van der Waals surface area contributed by atoms with Gasteiger partial charge in [0.2, 0.25) is 5.91 Å². The van der Waals surface area contributed by atoms with E-state index in [4.69, 9.17) is 14.2 Å². The maximum Gasteiger partial charge on any atom is 0.220 e. The lowest BCUT2D eigenvalue weighted by molar-refractivity contribution is -0.121. The van der Waals surface area contributed by atoms with Crippen LogP contribution in [-0.4, -0.2) is 51.8 Å². The van der Waals surface area contributed by atoms with Crippen molar-refractivity contribution in [3.63, 3.8) is 0 Å². The molecular weight excluding hydrogens is 356 g/mol. The molecule has 0 fully saturated rings. The first-order valence-electron chi connectivity index (χ1n) is 9.52. The number of carbonyl (C=O) groups is 1. The van der Waals surface area contributed by atoms with E-state index in [-0.39, 0.29) is 11.9 Å². The molecule has 2 aromatic carbocycles. The van der Waals surface area contributed by atoms with Gasteiger partial charge in [-0.25, -0.2) is 0 Å². The summed E-state index contributed by atoms with van der Waals surface area (Å²) in [7, 11) is 5.67. The molecule has 1 heterocycles. The summed E-state index contributed by atoms with van der Waals surface area (Å²) in [5.74, 6) is 2.39. The van der Waals surface area contributed by atoms with E-state index in [1.54, 1.807) is 7.11 Å². The number of ether oxygens (including phenoxy) is 3. The molecule has 1 N–H and O–H groups in total. The third kappa shape index (κ3) is 5.16. The molecule has 0 aromatic heterocycles. The number of carbonyl (C=O) groups excluding carboxylic acids is 1. The highest BCUT2D eigenvalue weighted by molar-refractivity contribution is 5.76. The summed E-state index contributed by atoms with van der Waals surface area (Å²) in [4.78, 5) is 14.5. The van der Waals surface area contributed by atoms with Crippen LogP contribution in [0.25, 0.3) is 0 Å². The number of benzene rings is 2. The van der Waals surface area contributed by atoms with Gasteiger partial charge in [-0.15, -0.1) is 0 Å². The van der Waals surface area contributed by atoms with Crippen LogP contribution in [-0.2, 0) is 11.2 Å². The Morgan fingerprint density at radius 2 is 1.82 bits per heavy atom. The van der Waals surface area contributed by atoms with Gasteiger partial charge in [-0.3, -0.25) is 4.79 Å². The third-order valence-electron chi connectivity index (χ3n) is 4.86. The average molecular weight is 384 g/mol. The maximum atomic E-state index is 12.4. The number of nitrogens with one attached hydrogen (secondary N) is 1. The lowest BCUT2D eigenvalue weighted by Gasteiger charge is -2.25. The largest absolute Gasteiger partial charge is 0.497 e. The summed E-state index contributed by atoms with van der Waals surface area (Å²) < 4.78 is 16.3. The number of hydrogen-bond donors (Lipinski definition) is 1. The van der Waals surface area contributed by atoms with Crippen LogP contribution in [0.2, 0.25) is 0 Å². The van der Waals surface area contributed by atoms with Gasteiger partial charge in [-0.05, 0) is 55.9 Å². The summed E-state index contributed by atoms with van der Waals surface area (Å²) in [6, 6.07) is 13.9. The average Bonchev–Trinajstić information content (AvgIpc) is 2.72. The number of hydrogen-bond acceptors (Lipinski definition) is 5. The summed E-state index contributed by atoms with van der Waals surface area (Å²) in [6.45, 7) is 1.70. The highest BCUT2D eigenvalue weighted by Gasteiger charge is 2.16. The Labute approximate surface area is 166 Å². The molecule has 1 atom stereocenters. The highest BCUT2D eigenvalue weighted by Crippen LogP contribution is 2.31. The molecule has 0 saturated heterocycles. The van der Waals surface area contributed by atoms with E-state index in [1.165, 1.54) is 0 Å². The molecule has 0 aliphatic carbocycles. The smallest absolute Gasteiger partial charge is 0.220 e. The molecule has 0 radical (unpaired) electrons. The van der Waals surface area contributed by atoms with Crippen molar-refractivity contribution in [2.24, 2.45) is 0 Å². The van der Waals surface area contributed by atoms with Crippen molar-refractivity contribution in [1.29, 1.82) is 0 Å². The molecule has 2 aromatic rings. The summed E-state index contributed by atoms with van der Waals surface area (Å²) in [5, 5.41) is 3.06. The lowest BCUT2D eigenvalue weighted by atomic mass is 10.1. The van der Waals surface area contributed by atoms with Crippen molar-refractivity contribution < 1.29 is 19.0 Å². The van der Waals surface area contributed by atoms with E-state index in [1.807, 2.05) is 56.6 Å². The van der Waals surface area contributed by atoms with Gasteiger partial charge >= 0.3 is 0 Å². The predicted octanol–water partition coefficient (Wildman–Crippen LogP) is 2.82. The molecule has 0 spiro atoms. The standard InChI is InChI=1S/C22H28N2O4/c1-24(2)19(17-6-8-18(26-3)9-7-17)15-23-22(25)11-5-16-4-10-20-21(14-16)28-13-12-27-20/h4,6-10,14,19H,5,11-13,15H2,1-3H3,(H,23,25). The highest BCUT2D eigenvalue weighted by atomic mass is 16.6. The van der Waals surface area contributed by atoms with E-state index >= 15 is 0 Å².